The van der Waals surface area contributed by atoms with E-state index in [0.29, 0.717) is 10.0 Å². The van der Waals surface area contributed by atoms with Crippen LogP contribution in [0.1, 0.15) is 15.9 Å². The van der Waals surface area contributed by atoms with Crippen molar-refractivity contribution >= 4 is 28.1 Å². The summed E-state index contributed by atoms with van der Waals surface area (Å²) >= 11 is 3.17. The lowest BCUT2D eigenvalue weighted by Gasteiger charge is -2.01. The number of benzene rings is 2. The summed E-state index contributed by atoms with van der Waals surface area (Å²) in [5.74, 6) is -1.00. The molecule has 0 aromatic heterocycles. The SMILES string of the molecule is O=C(N/N=C/c1cccc(Br)c1O)c1cccc(F)c1. The molecule has 1 amide bonds. The fraction of sp³-hybridized carbons (Fsp3) is 0. The molecule has 0 atom stereocenters. The smallest absolute Gasteiger partial charge is 0.271 e. The van der Waals surface area contributed by atoms with Crippen LogP contribution in [0.2, 0.25) is 0 Å². The Balaban J connectivity index is 2.07. The molecule has 0 aliphatic heterocycles. The molecule has 0 aliphatic rings. The number of nitrogens with one attached hydrogen (secondary N) is 1. The highest BCUT2D eigenvalue weighted by molar-refractivity contribution is 9.10. The lowest BCUT2D eigenvalue weighted by atomic mass is 10.2. The van der Waals surface area contributed by atoms with Crippen molar-refractivity contribution < 1.29 is 14.3 Å². The molecule has 20 heavy (non-hydrogen) atoms. The van der Waals surface area contributed by atoms with Crippen molar-refractivity contribution in [2.24, 2.45) is 5.10 Å². The van der Waals surface area contributed by atoms with Crippen molar-refractivity contribution in [2.75, 3.05) is 0 Å². The van der Waals surface area contributed by atoms with Crippen LogP contribution in [-0.4, -0.2) is 17.2 Å². The quantitative estimate of drug-likeness (QED) is 0.668. The molecular formula is C14H10BrFN2O2. The number of hydrogen-bond donors (Lipinski definition) is 2. The van der Waals surface area contributed by atoms with Crippen LogP contribution < -0.4 is 5.43 Å². The van der Waals surface area contributed by atoms with Crippen LogP contribution in [0.5, 0.6) is 5.75 Å². The van der Waals surface area contributed by atoms with Gasteiger partial charge < -0.3 is 5.11 Å². The highest BCUT2D eigenvalue weighted by Crippen LogP contribution is 2.25. The molecule has 0 unspecified atom stereocenters. The number of carbonyl (C=O) groups is 1. The maximum Gasteiger partial charge on any atom is 0.271 e. The second-order valence-corrected chi connectivity index (χ2v) is 4.74. The van der Waals surface area contributed by atoms with E-state index in [-0.39, 0.29) is 11.3 Å². The average molecular weight is 337 g/mol. The van der Waals surface area contributed by atoms with Gasteiger partial charge in [-0.3, -0.25) is 4.79 Å². The van der Waals surface area contributed by atoms with Crippen LogP contribution in [0.4, 0.5) is 4.39 Å². The summed E-state index contributed by atoms with van der Waals surface area (Å²) in [7, 11) is 0. The first-order valence-electron chi connectivity index (χ1n) is 5.64. The Morgan fingerprint density at radius 2 is 2.05 bits per heavy atom. The van der Waals surface area contributed by atoms with Crippen molar-refractivity contribution in [2.45, 2.75) is 0 Å². The van der Waals surface area contributed by atoms with Gasteiger partial charge in [-0.25, -0.2) is 9.82 Å². The Kier molecular flexibility index (Phi) is 4.47. The first-order valence-corrected chi connectivity index (χ1v) is 6.43. The van der Waals surface area contributed by atoms with Gasteiger partial charge in [0.05, 0.1) is 10.7 Å². The molecule has 2 aromatic carbocycles. The van der Waals surface area contributed by atoms with Gasteiger partial charge >= 0.3 is 0 Å². The predicted octanol–water partition coefficient (Wildman–Crippen LogP) is 3.06. The third-order valence-electron chi connectivity index (χ3n) is 2.47. The van der Waals surface area contributed by atoms with Crippen molar-refractivity contribution in [1.29, 1.82) is 0 Å². The Morgan fingerprint density at radius 1 is 1.30 bits per heavy atom. The van der Waals surface area contributed by atoms with E-state index in [9.17, 15) is 14.3 Å². The molecule has 2 N–H and O–H groups in total. The lowest BCUT2D eigenvalue weighted by molar-refractivity contribution is 0.0954. The van der Waals surface area contributed by atoms with Crippen molar-refractivity contribution in [3.8, 4) is 5.75 Å². The van der Waals surface area contributed by atoms with E-state index in [1.54, 1.807) is 18.2 Å². The summed E-state index contributed by atoms with van der Waals surface area (Å²) < 4.78 is 13.5. The molecule has 4 nitrogen and oxygen atoms in total. The zero-order chi connectivity index (χ0) is 14.5. The Bertz CT molecular complexity index is 674. The third kappa shape index (κ3) is 3.42. The first-order chi connectivity index (χ1) is 9.58. The molecule has 0 radical (unpaired) electrons. The number of para-hydroxylation sites is 1. The Hall–Kier alpha value is -2.21. The summed E-state index contributed by atoms with van der Waals surface area (Å²) in [6.45, 7) is 0. The zero-order valence-electron chi connectivity index (χ0n) is 10.2. The molecule has 0 aliphatic carbocycles. The predicted molar refractivity (Wildman–Crippen MR) is 77.3 cm³/mol. The van der Waals surface area contributed by atoms with Gasteiger partial charge in [0.2, 0.25) is 0 Å². The number of hydrazone groups is 1. The maximum atomic E-state index is 13.0. The number of nitrogens with zero attached hydrogens (tertiary/aromatic N) is 1. The van der Waals surface area contributed by atoms with Gasteiger partial charge in [0.15, 0.2) is 0 Å². The zero-order valence-corrected chi connectivity index (χ0v) is 11.8. The summed E-state index contributed by atoms with van der Waals surface area (Å²) in [5, 5.41) is 13.4. The van der Waals surface area contributed by atoms with Gasteiger partial charge in [-0.15, -0.1) is 0 Å². The molecule has 2 aromatic rings. The Labute approximate surface area is 123 Å². The molecular weight excluding hydrogens is 327 g/mol. The molecule has 0 fully saturated rings. The van der Waals surface area contributed by atoms with Gasteiger partial charge in [-0.2, -0.15) is 5.10 Å². The summed E-state index contributed by atoms with van der Waals surface area (Å²) in [5.41, 5.74) is 2.87. The van der Waals surface area contributed by atoms with Crippen LogP contribution in [-0.2, 0) is 0 Å². The fourth-order valence-corrected chi connectivity index (χ4v) is 1.87. The lowest BCUT2D eigenvalue weighted by Crippen LogP contribution is -2.17. The molecule has 0 saturated carbocycles. The number of phenols is 1. The standard InChI is InChI=1S/C14H10BrFN2O2/c15-12-6-2-4-10(13(12)19)8-17-18-14(20)9-3-1-5-11(16)7-9/h1-8,19H,(H,18,20)/b17-8+. The maximum absolute atomic E-state index is 13.0. The first kappa shape index (κ1) is 14.2. The summed E-state index contributed by atoms with van der Waals surface area (Å²) in [4.78, 5) is 11.7. The minimum absolute atomic E-state index is 0.0243. The number of rotatable bonds is 3. The van der Waals surface area contributed by atoms with Crippen molar-refractivity contribution in [3.05, 3.63) is 63.9 Å². The molecule has 6 heteroatoms. The van der Waals surface area contributed by atoms with E-state index in [1.807, 2.05) is 0 Å². The topological polar surface area (TPSA) is 61.7 Å². The number of halogens is 2. The average Bonchev–Trinajstić information content (AvgIpc) is 2.43. The number of phenolic OH excluding ortho intramolecular Hbond substituents is 1. The third-order valence-corrected chi connectivity index (χ3v) is 3.11. The molecule has 0 bridgehead atoms. The largest absolute Gasteiger partial charge is 0.506 e. The van der Waals surface area contributed by atoms with Gasteiger partial charge in [0.25, 0.3) is 5.91 Å². The van der Waals surface area contributed by atoms with E-state index in [4.69, 9.17) is 0 Å². The minimum atomic E-state index is -0.532. The van der Waals surface area contributed by atoms with E-state index >= 15 is 0 Å². The molecule has 2 rings (SSSR count). The highest BCUT2D eigenvalue weighted by Gasteiger charge is 2.05. The van der Waals surface area contributed by atoms with Crippen molar-refractivity contribution in [3.63, 3.8) is 0 Å². The minimum Gasteiger partial charge on any atom is -0.506 e. The van der Waals surface area contributed by atoms with E-state index in [1.165, 1.54) is 24.4 Å². The monoisotopic (exact) mass is 336 g/mol. The van der Waals surface area contributed by atoms with Gasteiger partial charge in [0, 0.05) is 11.1 Å². The number of hydrogen-bond acceptors (Lipinski definition) is 3. The number of amides is 1. The molecule has 102 valence electrons. The van der Waals surface area contributed by atoms with E-state index in [2.05, 4.69) is 26.5 Å². The highest BCUT2D eigenvalue weighted by atomic mass is 79.9. The van der Waals surface area contributed by atoms with Crippen molar-refractivity contribution in [1.82, 2.24) is 5.43 Å². The van der Waals surface area contributed by atoms with Gasteiger partial charge in [-0.1, -0.05) is 12.1 Å². The second-order valence-electron chi connectivity index (χ2n) is 3.89. The molecule has 0 saturated heterocycles. The molecule has 0 heterocycles. The fourth-order valence-electron chi connectivity index (χ4n) is 1.49. The summed E-state index contributed by atoms with van der Waals surface area (Å²) in [6.07, 6.45) is 1.30. The van der Waals surface area contributed by atoms with Crippen LogP contribution in [0.25, 0.3) is 0 Å². The number of carbonyl (C=O) groups excluding carboxylic acids is 1. The Morgan fingerprint density at radius 3 is 2.80 bits per heavy atom. The van der Waals surface area contributed by atoms with E-state index in [0.717, 1.165) is 6.07 Å². The molecule has 0 spiro atoms. The van der Waals surface area contributed by atoms with Gasteiger partial charge in [-0.05, 0) is 46.3 Å². The summed E-state index contributed by atoms with van der Waals surface area (Å²) in [6, 6.07) is 10.3. The van der Waals surface area contributed by atoms with Crippen LogP contribution in [0.3, 0.4) is 0 Å². The van der Waals surface area contributed by atoms with Crippen LogP contribution in [0, 0.1) is 5.82 Å². The second kappa shape index (κ2) is 6.29. The van der Waals surface area contributed by atoms with Crippen LogP contribution in [0.15, 0.2) is 52.0 Å². The van der Waals surface area contributed by atoms with E-state index < -0.39 is 11.7 Å². The van der Waals surface area contributed by atoms with Crippen LogP contribution >= 0.6 is 15.9 Å². The number of aromatic hydroxyl groups is 1. The van der Waals surface area contributed by atoms with Gasteiger partial charge in [0.1, 0.15) is 11.6 Å². The normalized spacial score (nSPS) is 10.7.